The predicted molar refractivity (Wildman–Crippen MR) is 79.8 cm³/mol. The molecule has 1 aromatic carbocycles. The van der Waals surface area contributed by atoms with Crippen molar-refractivity contribution >= 4 is 28.9 Å². The highest BCUT2D eigenvalue weighted by Gasteiger charge is 2.13. The maximum Gasteiger partial charge on any atom is 0.250 e. The first kappa shape index (κ1) is 14.2. The van der Waals surface area contributed by atoms with E-state index in [0.717, 1.165) is 12.0 Å². The maximum atomic E-state index is 11.4. The van der Waals surface area contributed by atoms with Crippen molar-refractivity contribution in [1.82, 2.24) is 9.78 Å². The lowest BCUT2D eigenvalue weighted by atomic mass is 10.1. The van der Waals surface area contributed by atoms with Crippen molar-refractivity contribution in [2.75, 3.05) is 17.6 Å². The van der Waals surface area contributed by atoms with Crippen LogP contribution in [-0.2, 0) is 13.5 Å². The molecule has 7 heteroatoms. The normalized spacial score (nSPS) is 10.5. The van der Waals surface area contributed by atoms with Gasteiger partial charge in [-0.15, -0.1) is 0 Å². The number of nitrogen functional groups attached to an aromatic ring is 1. The average molecular weight is 294 g/mol. The van der Waals surface area contributed by atoms with Crippen LogP contribution in [-0.4, -0.2) is 22.2 Å². The van der Waals surface area contributed by atoms with E-state index in [4.69, 9.17) is 23.1 Å². The number of aromatic nitrogens is 2. The van der Waals surface area contributed by atoms with Crippen molar-refractivity contribution < 1.29 is 4.79 Å². The number of hydrogen-bond acceptors (Lipinski definition) is 4. The van der Waals surface area contributed by atoms with Gasteiger partial charge in [0.2, 0.25) is 0 Å². The van der Waals surface area contributed by atoms with Gasteiger partial charge in [0, 0.05) is 25.5 Å². The van der Waals surface area contributed by atoms with Gasteiger partial charge in [0.1, 0.15) is 0 Å². The summed E-state index contributed by atoms with van der Waals surface area (Å²) in [7, 11) is 1.86. The molecule has 2 rings (SSSR count). The van der Waals surface area contributed by atoms with Gasteiger partial charge in [-0.3, -0.25) is 9.48 Å². The van der Waals surface area contributed by atoms with E-state index in [1.807, 2.05) is 13.2 Å². The molecule has 1 amide bonds. The summed E-state index contributed by atoms with van der Waals surface area (Å²) < 4.78 is 1.74. The number of nitrogens with zero attached hydrogens (tertiary/aromatic N) is 2. The van der Waals surface area contributed by atoms with Crippen LogP contribution in [0.3, 0.4) is 0 Å². The number of carbonyl (C=O) groups is 1. The number of primary amides is 1. The van der Waals surface area contributed by atoms with E-state index in [-0.39, 0.29) is 0 Å². The summed E-state index contributed by atoms with van der Waals surface area (Å²) in [5.41, 5.74) is 13.3. The number of nitrogens with two attached hydrogens (primary N) is 2. The van der Waals surface area contributed by atoms with Crippen LogP contribution in [0.15, 0.2) is 24.5 Å². The summed E-state index contributed by atoms with van der Waals surface area (Å²) in [6, 6.07) is 3.10. The lowest BCUT2D eigenvalue weighted by Gasteiger charge is -2.12. The fourth-order valence-corrected chi connectivity index (χ4v) is 2.23. The van der Waals surface area contributed by atoms with E-state index in [2.05, 4.69) is 10.4 Å². The summed E-state index contributed by atoms with van der Waals surface area (Å²) in [5, 5.41) is 7.59. The molecule has 0 spiro atoms. The Morgan fingerprint density at radius 3 is 2.85 bits per heavy atom. The molecule has 2 aromatic rings. The van der Waals surface area contributed by atoms with Crippen LogP contribution in [0.2, 0.25) is 5.02 Å². The van der Waals surface area contributed by atoms with Crippen LogP contribution < -0.4 is 16.8 Å². The first-order valence-corrected chi connectivity index (χ1v) is 6.45. The van der Waals surface area contributed by atoms with Gasteiger partial charge in [-0.05, 0) is 24.1 Å². The molecule has 0 saturated carbocycles. The fourth-order valence-electron chi connectivity index (χ4n) is 1.93. The molecule has 5 N–H and O–H groups in total. The quantitative estimate of drug-likeness (QED) is 0.726. The van der Waals surface area contributed by atoms with Gasteiger partial charge < -0.3 is 16.8 Å². The number of rotatable bonds is 5. The second kappa shape index (κ2) is 5.83. The topological polar surface area (TPSA) is 99.0 Å². The van der Waals surface area contributed by atoms with Gasteiger partial charge in [0.15, 0.2) is 0 Å². The molecule has 0 saturated heterocycles. The highest BCUT2D eigenvalue weighted by Crippen LogP contribution is 2.28. The molecule has 106 valence electrons. The molecule has 0 atom stereocenters. The molecule has 20 heavy (non-hydrogen) atoms. The first-order valence-electron chi connectivity index (χ1n) is 6.07. The standard InChI is InChI=1S/C13H16ClN5O/c1-19-7-8(6-18-19)2-3-17-12-10(13(16)20)4-9(15)5-11(12)14/h4-7,17H,2-3,15H2,1H3,(H2,16,20). The molecule has 0 bridgehead atoms. The molecular weight excluding hydrogens is 278 g/mol. The average Bonchev–Trinajstić information content (AvgIpc) is 2.77. The monoisotopic (exact) mass is 293 g/mol. The van der Waals surface area contributed by atoms with Crippen LogP contribution in [0.5, 0.6) is 0 Å². The SMILES string of the molecule is Cn1cc(CCNc2c(Cl)cc(N)cc2C(N)=O)cn1. The Kier molecular flexibility index (Phi) is 4.14. The number of aryl methyl sites for hydroxylation is 1. The Morgan fingerprint density at radius 2 is 2.25 bits per heavy atom. The number of amides is 1. The molecule has 0 fully saturated rings. The van der Waals surface area contributed by atoms with Crippen molar-refractivity contribution in [3.63, 3.8) is 0 Å². The van der Waals surface area contributed by atoms with Crippen LogP contribution in [0.25, 0.3) is 0 Å². The number of benzene rings is 1. The summed E-state index contributed by atoms with van der Waals surface area (Å²) in [6.45, 7) is 0.607. The van der Waals surface area contributed by atoms with Gasteiger partial charge in [-0.1, -0.05) is 11.6 Å². The summed E-state index contributed by atoms with van der Waals surface area (Å²) in [5.74, 6) is -0.567. The van der Waals surface area contributed by atoms with Crippen LogP contribution in [0, 0.1) is 0 Å². The van der Waals surface area contributed by atoms with E-state index in [0.29, 0.717) is 28.5 Å². The van der Waals surface area contributed by atoms with E-state index in [1.54, 1.807) is 16.9 Å². The van der Waals surface area contributed by atoms with Crippen LogP contribution in [0.4, 0.5) is 11.4 Å². The molecule has 1 aromatic heterocycles. The fraction of sp³-hybridized carbons (Fsp3) is 0.231. The van der Waals surface area contributed by atoms with Crippen molar-refractivity contribution in [1.29, 1.82) is 0 Å². The number of anilines is 2. The Bertz CT molecular complexity index is 638. The molecule has 6 nitrogen and oxygen atoms in total. The second-order valence-corrected chi connectivity index (χ2v) is 4.90. The zero-order chi connectivity index (χ0) is 14.7. The third kappa shape index (κ3) is 3.21. The maximum absolute atomic E-state index is 11.4. The Balaban J connectivity index is 2.10. The third-order valence-corrected chi connectivity index (χ3v) is 3.15. The smallest absolute Gasteiger partial charge is 0.250 e. The Morgan fingerprint density at radius 1 is 1.50 bits per heavy atom. The molecule has 0 radical (unpaired) electrons. The van der Waals surface area contributed by atoms with Gasteiger partial charge in [-0.2, -0.15) is 5.10 Å². The van der Waals surface area contributed by atoms with Gasteiger partial charge in [-0.25, -0.2) is 0 Å². The third-order valence-electron chi connectivity index (χ3n) is 2.85. The predicted octanol–water partition coefficient (Wildman–Crippen LogP) is 1.41. The van der Waals surface area contributed by atoms with E-state index >= 15 is 0 Å². The molecular formula is C13H16ClN5O. The van der Waals surface area contributed by atoms with Crippen molar-refractivity contribution in [3.05, 3.63) is 40.7 Å². The van der Waals surface area contributed by atoms with Gasteiger partial charge in [0.05, 0.1) is 22.5 Å². The summed E-state index contributed by atoms with van der Waals surface area (Å²) >= 11 is 6.10. The number of halogens is 1. The lowest BCUT2D eigenvalue weighted by molar-refractivity contribution is 0.100. The van der Waals surface area contributed by atoms with Crippen molar-refractivity contribution in [3.8, 4) is 0 Å². The van der Waals surface area contributed by atoms with Crippen LogP contribution in [0.1, 0.15) is 15.9 Å². The van der Waals surface area contributed by atoms with Gasteiger partial charge in [0.25, 0.3) is 5.91 Å². The minimum atomic E-state index is -0.567. The summed E-state index contributed by atoms with van der Waals surface area (Å²) in [6.07, 6.45) is 4.48. The molecule has 1 heterocycles. The second-order valence-electron chi connectivity index (χ2n) is 4.49. The largest absolute Gasteiger partial charge is 0.399 e. The Labute approximate surface area is 121 Å². The highest BCUT2D eigenvalue weighted by molar-refractivity contribution is 6.34. The molecule has 0 unspecified atom stereocenters. The molecule has 0 aliphatic carbocycles. The number of carbonyl (C=O) groups excluding carboxylic acids is 1. The number of hydrogen-bond donors (Lipinski definition) is 3. The van der Waals surface area contributed by atoms with E-state index in [1.165, 1.54) is 6.07 Å². The zero-order valence-corrected chi connectivity index (χ0v) is 11.8. The molecule has 0 aliphatic rings. The summed E-state index contributed by atoms with van der Waals surface area (Å²) in [4.78, 5) is 11.4. The van der Waals surface area contributed by atoms with Crippen molar-refractivity contribution in [2.24, 2.45) is 12.8 Å². The number of nitrogens with one attached hydrogen (secondary N) is 1. The van der Waals surface area contributed by atoms with E-state index in [9.17, 15) is 4.79 Å². The lowest BCUT2D eigenvalue weighted by Crippen LogP contribution is -2.16. The van der Waals surface area contributed by atoms with Gasteiger partial charge >= 0.3 is 0 Å². The van der Waals surface area contributed by atoms with Crippen molar-refractivity contribution in [2.45, 2.75) is 6.42 Å². The first-order chi connectivity index (χ1) is 9.47. The minimum absolute atomic E-state index is 0.293. The Hall–Kier alpha value is -2.21. The van der Waals surface area contributed by atoms with E-state index < -0.39 is 5.91 Å². The minimum Gasteiger partial charge on any atom is -0.399 e. The highest BCUT2D eigenvalue weighted by atomic mass is 35.5. The zero-order valence-electron chi connectivity index (χ0n) is 11.1. The van der Waals surface area contributed by atoms with Crippen LogP contribution >= 0.6 is 11.6 Å². The molecule has 0 aliphatic heterocycles.